The molecule has 1 saturated carbocycles. The first-order valence-electron chi connectivity index (χ1n) is 10.3. The molecule has 0 saturated heterocycles. The van der Waals surface area contributed by atoms with Crippen molar-refractivity contribution in [2.24, 2.45) is 28.6 Å². The van der Waals surface area contributed by atoms with Crippen molar-refractivity contribution in [2.45, 2.75) is 58.8 Å². The van der Waals surface area contributed by atoms with E-state index in [2.05, 4.69) is 55.1 Å². The number of rotatable bonds is 3. The zero-order valence-corrected chi connectivity index (χ0v) is 16.2. The first-order valence-corrected chi connectivity index (χ1v) is 10.3. The predicted octanol–water partition coefficient (Wildman–Crippen LogP) is 6.29. The number of hydrogen-bond donors (Lipinski definition) is 0. The summed E-state index contributed by atoms with van der Waals surface area (Å²) in [5, 5.41) is 0. The molecule has 1 fully saturated rings. The van der Waals surface area contributed by atoms with Gasteiger partial charge < -0.3 is 0 Å². The summed E-state index contributed by atoms with van der Waals surface area (Å²) < 4.78 is 0. The van der Waals surface area contributed by atoms with Crippen LogP contribution in [0.2, 0.25) is 0 Å². The van der Waals surface area contributed by atoms with Crippen molar-refractivity contribution in [3.05, 3.63) is 48.3 Å². The van der Waals surface area contributed by atoms with E-state index in [0.717, 1.165) is 12.3 Å². The summed E-state index contributed by atoms with van der Waals surface area (Å²) in [5.41, 5.74) is 3.50. The van der Waals surface area contributed by atoms with Gasteiger partial charge >= 0.3 is 0 Å². The monoisotopic (exact) mass is 345 g/mol. The van der Waals surface area contributed by atoms with Crippen LogP contribution in [-0.2, 0) is 0 Å². The maximum atomic E-state index is 5.87. The number of pyridine rings is 1. The minimum atomic E-state index is 0.252. The fraction of sp³-hybridized carbons (Fsp3) is 0.560. The Bertz CT molecular complexity index is 752. The van der Waals surface area contributed by atoms with E-state index in [4.69, 9.17) is 6.42 Å². The van der Waals surface area contributed by atoms with Crippen LogP contribution in [0.3, 0.4) is 0 Å². The lowest BCUT2D eigenvalue weighted by atomic mass is 9.51. The third kappa shape index (κ3) is 2.75. The van der Waals surface area contributed by atoms with Crippen molar-refractivity contribution in [1.29, 1.82) is 0 Å². The summed E-state index contributed by atoms with van der Waals surface area (Å²) in [7, 11) is 0. The van der Waals surface area contributed by atoms with Crippen LogP contribution in [0.5, 0.6) is 0 Å². The Kier molecular flexibility index (Phi) is 4.55. The molecule has 1 aromatic rings. The fourth-order valence-electron chi connectivity index (χ4n) is 6.43. The standard InChI is InChI=1S/C25H31N/c1-4-9-20-22(24(2)14-6-5-7-15-24)13-16-25(3)21(11-12-23(20)25)19-10-8-17-26-18-19/h1,5-6,8,10-11,17-18,20,22-23H,7,9,12-16H2,2-3H3. The molecule has 0 aliphatic heterocycles. The number of hydrogen-bond acceptors (Lipinski definition) is 1. The van der Waals surface area contributed by atoms with E-state index < -0.39 is 0 Å². The molecular formula is C25H31N. The van der Waals surface area contributed by atoms with E-state index in [1.165, 1.54) is 49.7 Å². The van der Waals surface area contributed by atoms with Crippen molar-refractivity contribution in [3.63, 3.8) is 0 Å². The zero-order chi connectivity index (χ0) is 18.2. The number of nitrogens with zero attached hydrogens (tertiary/aromatic N) is 1. The lowest BCUT2D eigenvalue weighted by Gasteiger charge is -2.53. The van der Waals surface area contributed by atoms with Crippen molar-refractivity contribution in [1.82, 2.24) is 4.98 Å². The minimum Gasteiger partial charge on any atom is -0.264 e. The molecule has 136 valence electrons. The summed E-state index contributed by atoms with van der Waals surface area (Å²) in [6.45, 7) is 5.02. The molecule has 0 radical (unpaired) electrons. The largest absolute Gasteiger partial charge is 0.264 e. The van der Waals surface area contributed by atoms with Crippen molar-refractivity contribution in [2.75, 3.05) is 0 Å². The molecule has 1 nitrogen and oxygen atoms in total. The Morgan fingerprint density at radius 2 is 2.12 bits per heavy atom. The molecule has 3 aliphatic carbocycles. The van der Waals surface area contributed by atoms with Gasteiger partial charge in [0.1, 0.15) is 0 Å². The number of aromatic nitrogens is 1. The van der Waals surface area contributed by atoms with Gasteiger partial charge in [0.25, 0.3) is 0 Å². The molecule has 3 aliphatic rings. The van der Waals surface area contributed by atoms with Crippen LogP contribution in [0.1, 0.15) is 64.4 Å². The molecule has 26 heavy (non-hydrogen) atoms. The van der Waals surface area contributed by atoms with Crippen LogP contribution < -0.4 is 0 Å². The maximum absolute atomic E-state index is 5.87. The second-order valence-electron chi connectivity index (χ2n) is 9.20. The highest BCUT2D eigenvalue weighted by Crippen LogP contribution is 2.63. The molecule has 0 spiro atoms. The summed E-state index contributed by atoms with van der Waals surface area (Å²) in [6, 6.07) is 4.29. The predicted molar refractivity (Wildman–Crippen MR) is 109 cm³/mol. The molecule has 5 atom stereocenters. The molecule has 0 bridgehead atoms. The average Bonchev–Trinajstić information content (AvgIpc) is 3.01. The van der Waals surface area contributed by atoms with Crippen LogP contribution in [0.15, 0.2) is 42.8 Å². The minimum absolute atomic E-state index is 0.252. The van der Waals surface area contributed by atoms with Gasteiger partial charge in [0.05, 0.1) is 0 Å². The van der Waals surface area contributed by atoms with Gasteiger partial charge in [-0.25, -0.2) is 0 Å². The van der Waals surface area contributed by atoms with Crippen LogP contribution in [0.25, 0.3) is 5.57 Å². The van der Waals surface area contributed by atoms with Crippen LogP contribution in [0.4, 0.5) is 0 Å². The number of fused-ring (bicyclic) bond motifs is 1. The van der Waals surface area contributed by atoms with Crippen LogP contribution in [-0.4, -0.2) is 4.98 Å². The van der Waals surface area contributed by atoms with E-state index in [1.807, 2.05) is 12.4 Å². The zero-order valence-electron chi connectivity index (χ0n) is 16.2. The van der Waals surface area contributed by atoms with Gasteiger partial charge in [-0.15, -0.1) is 12.3 Å². The molecule has 1 heterocycles. The highest BCUT2D eigenvalue weighted by atomic mass is 14.6. The van der Waals surface area contributed by atoms with Gasteiger partial charge in [0.15, 0.2) is 0 Å². The lowest BCUT2D eigenvalue weighted by Crippen LogP contribution is -2.46. The molecular weight excluding hydrogens is 314 g/mol. The third-order valence-electron chi connectivity index (χ3n) is 7.87. The van der Waals surface area contributed by atoms with Gasteiger partial charge in [-0.05, 0) is 84.3 Å². The second-order valence-corrected chi connectivity index (χ2v) is 9.20. The molecule has 0 aromatic carbocycles. The van der Waals surface area contributed by atoms with E-state index in [9.17, 15) is 0 Å². The number of allylic oxidation sites excluding steroid dienone is 4. The molecule has 0 amide bonds. The van der Waals surface area contributed by atoms with E-state index >= 15 is 0 Å². The van der Waals surface area contributed by atoms with E-state index in [-0.39, 0.29) is 5.41 Å². The molecule has 1 heteroatoms. The summed E-state index contributed by atoms with van der Waals surface area (Å²) in [4.78, 5) is 4.37. The molecule has 4 rings (SSSR count). The van der Waals surface area contributed by atoms with Gasteiger partial charge in [-0.1, -0.05) is 38.1 Å². The SMILES string of the molecule is C#CCC1C(C2(C)CC=CCC2)CCC2(C)C(c3cccnc3)=CCC12. The third-order valence-corrected chi connectivity index (χ3v) is 7.87. The number of terminal acetylenes is 1. The van der Waals surface area contributed by atoms with Gasteiger partial charge in [0.2, 0.25) is 0 Å². The fourth-order valence-corrected chi connectivity index (χ4v) is 6.43. The Balaban J connectivity index is 1.65. The first-order chi connectivity index (χ1) is 12.6. The highest BCUT2D eigenvalue weighted by molar-refractivity contribution is 5.72. The van der Waals surface area contributed by atoms with Gasteiger partial charge in [-0.2, -0.15) is 0 Å². The van der Waals surface area contributed by atoms with Gasteiger partial charge in [-0.3, -0.25) is 4.98 Å². The average molecular weight is 346 g/mol. The van der Waals surface area contributed by atoms with Gasteiger partial charge in [0, 0.05) is 18.8 Å². The van der Waals surface area contributed by atoms with Crippen molar-refractivity contribution < 1.29 is 0 Å². The molecule has 0 N–H and O–H groups in total. The Morgan fingerprint density at radius 1 is 1.23 bits per heavy atom. The Labute approximate surface area is 159 Å². The van der Waals surface area contributed by atoms with E-state index in [0.29, 0.717) is 17.3 Å². The Morgan fingerprint density at radius 3 is 2.81 bits per heavy atom. The highest BCUT2D eigenvalue weighted by Gasteiger charge is 2.53. The van der Waals surface area contributed by atoms with E-state index in [1.54, 1.807) is 0 Å². The quantitative estimate of drug-likeness (QED) is 0.463. The molecule has 5 unspecified atom stereocenters. The normalized spacial score (nSPS) is 39.1. The van der Waals surface area contributed by atoms with Crippen LogP contribution >= 0.6 is 0 Å². The van der Waals surface area contributed by atoms with Crippen molar-refractivity contribution in [3.8, 4) is 12.3 Å². The van der Waals surface area contributed by atoms with Crippen molar-refractivity contribution >= 4 is 5.57 Å². The first kappa shape index (κ1) is 17.6. The van der Waals surface area contributed by atoms with Crippen LogP contribution in [0, 0.1) is 40.9 Å². The Hall–Kier alpha value is -1.81. The summed E-state index contributed by atoms with van der Waals surface area (Å²) in [5.74, 6) is 5.12. The smallest absolute Gasteiger partial charge is 0.0343 e. The second kappa shape index (κ2) is 6.73. The topological polar surface area (TPSA) is 12.9 Å². The summed E-state index contributed by atoms with van der Waals surface area (Å²) >= 11 is 0. The molecule has 1 aromatic heterocycles. The maximum Gasteiger partial charge on any atom is 0.0343 e. The lowest BCUT2D eigenvalue weighted by molar-refractivity contribution is -0.00936. The summed E-state index contributed by atoms with van der Waals surface area (Å²) in [6.07, 6.45) is 25.5.